The summed E-state index contributed by atoms with van der Waals surface area (Å²) in [5, 5.41) is 34.9. The van der Waals surface area contributed by atoms with E-state index in [1.54, 1.807) is 24.8 Å². The molecule has 0 aliphatic heterocycles. The summed E-state index contributed by atoms with van der Waals surface area (Å²) in [4.78, 5) is 56.9. The average Bonchev–Trinajstić information content (AvgIpc) is 1.70. The number of rotatable bonds is 18. The van der Waals surface area contributed by atoms with Crippen LogP contribution in [0.3, 0.4) is 0 Å². The van der Waals surface area contributed by atoms with Gasteiger partial charge in [-0.05, 0) is 78.4 Å². The first kappa shape index (κ1) is 88.4. The van der Waals surface area contributed by atoms with E-state index in [-0.39, 0.29) is 105 Å². The van der Waals surface area contributed by atoms with Gasteiger partial charge in [-0.15, -0.1) is 10.2 Å². The number of ether oxygens (including phenoxy) is 1. The Morgan fingerprint density at radius 2 is 0.843 bits per heavy atom. The summed E-state index contributed by atoms with van der Waals surface area (Å²) in [6.07, 6.45) is 4.30. The molecule has 0 fully saturated rings. The van der Waals surface area contributed by atoms with Gasteiger partial charge in [-0.2, -0.15) is 36.7 Å². The number of hydrogen-bond acceptors (Lipinski definition) is 22. The first-order valence-corrected chi connectivity index (χ1v) is 30.0. The van der Waals surface area contributed by atoms with Crippen molar-refractivity contribution in [2.24, 2.45) is 5.73 Å². The van der Waals surface area contributed by atoms with E-state index in [1.807, 2.05) is 154 Å². The summed E-state index contributed by atoms with van der Waals surface area (Å²) in [6, 6.07) is 53.0. The molecule has 5 unspecified atom stereocenters. The topological polar surface area (TPSA) is 325 Å². The number of H-pyrrole nitrogens is 1. The molecule has 23 nitrogen and oxygen atoms in total. The van der Waals surface area contributed by atoms with E-state index in [1.165, 1.54) is 53.4 Å². The zero-order valence-electron chi connectivity index (χ0n) is 55.0. The van der Waals surface area contributed by atoms with Crippen LogP contribution in [0.15, 0.2) is 216 Å². The molecule has 1 radical (unpaired) electrons. The number of carbonyl (C=O) groups excluding carboxylic acids is 2. The third-order valence-electron chi connectivity index (χ3n) is 12.7. The molecule has 5 aromatic carbocycles. The van der Waals surface area contributed by atoms with Gasteiger partial charge in [0.1, 0.15) is 12.4 Å². The number of nitrogens with two attached hydrogens (primary N) is 1. The second-order valence-corrected chi connectivity index (χ2v) is 20.9. The molecule has 0 aliphatic carbocycles. The zero-order chi connectivity index (χ0) is 71.9. The molecule has 0 saturated carbocycles. The summed E-state index contributed by atoms with van der Waals surface area (Å²) in [5.41, 5.74) is 13.1. The SMILES string of the molecule is C.C.CC(N)c1ccccc1.CC(Nc1ncc(-c2ncn[nH]2)cn1)c1ccccc1.CC(Nc1ncc(-c2nnc(C(F)F)o2)cn1)c1ccccc1.CC(Nc1ncc(Br)cn1)c1ccccc1.CC(Nc1ncc(C#N)cn1)c1ccccc1.O=C(OC(=O)C(F)F)C(F)F.[2H]CF.[W].[Y]. The van der Waals surface area contributed by atoms with Crippen LogP contribution in [-0.4, -0.2) is 97.2 Å². The summed E-state index contributed by atoms with van der Waals surface area (Å²) < 4.78 is 93.8. The molecule has 7 N–H and O–H groups in total. The number of nitrogens with one attached hydrogen (secondary N) is 5. The number of hydrogen-bond donors (Lipinski definition) is 6. The maximum absolute atomic E-state index is 12.4. The largest absolute Gasteiger partial charge is 0.415 e. The second-order valence-electron chi connectivity index (χ2n) is 20.0. The van der Waals surface area contributed by atoms with Gasteiger partial charge in [-0.1, -0.05) is 167 Å². The summed E-state index contributed by atoms with van der Waals surface area (Å²) in [6.45, 7) is 10.2. The summed E-state index contributed by atoms with van der Waals surface area (Å²) in [7, 11) is -1.00. The van der Waals surface area contributed by atoms with Gasteiger partial charge in [-0.25, -0.2) is 54.4 Å². The van der Waals surface area contributed by atoms with Gasteiger partial charge >= 0.3 is 31.2 Å². The Morgan fingerprint density at radius 1 is 0.529 bits per heavy atom. The van der Waals surface area contributed by atoms with Crippen molar-refractivity contribution >= 4 is 51.7 Å². The molecule has 0 bridgehead atoms. The van der Waals surface area contributed by atoms with Crippen molar-refractivity contribution in [3.05, 3.63) is 251 Å². The Balaban J connectivity index is 0.000000621. The van der Waals surface area contributed by atoms with Crippen molar-refractivity contribution in [3.63, 3.8) is 0 Å². The number of alkyl halides is 7. The van der Waals surface area contributed by atoms with Crippen LogP contribution in [0.4, 0.5) is 54.5 Å². The third-order valence-corrected chi connectivity index (χ3v) is 13.1. The van der Waals surface area contributed by atoms with E-state index in [0.29, 0.717) is 40.7 Å². The molecule has 11 rings (SSSR count). The van der Waals surface area contributed by atoms with Crippen LogP contribution in [0.25, 0.3) is 22.8 Å². The summed E-state index contributed by atoms with van der Waals surface area (Å²) in [5.74, 6) is -2.47. The monoisotopic (exact) mass is 1720 g/mol. The Labute approximate surface area is 635 Å². The minimum atomic E-state index is -3.57. The van der Waals surface area contributed by atoms with Gasteiger partial charge in [0.2, 0.25) is 23.8 Å². The second kappa shape index (κ2) is 49.7. The fourth-order valence-electron chi connectivity index (χ4n) is 7.69. The van der Waals surface area contributed by atoms with Crippen LogP contribution in [-0.2, 0) is 68.1 Å². The fraction of sp³-hybridized carbons (Fsp3) is 0.232. The van der Waals surface area contributed by atoms with Crippen molar-refractivity contribution in [2.45, 2.75) is 99.0 Å². The van der Waals surface area contributed by atoms with Gasteiger partial charge in [0, 0.05) is 97.0 Å². The number of aromatic nitrogens is 13. The maximum Gasteiger partial charge on any atom is 0.381 e. The molecule has 0 amide bonds. The van der Waals surface area contributed by atoms with Crippen LogP contribution in [0, 0.1) is 11.3 Å². The first-order valence-electron chi connectivity index (χ1n) is 29.9. The smallest absolute Gasteiger partial charge is 0.381 e. The van der Waals surface area contributed by atoms with E-state index in [2.05, 4.69) is 145 Å². The van der Waals surface area contributed by atoms with Gasteiger partial charge in [-0.3, -0.25) is 9.49 Å². The van der Waals surface area contributed by atoms with Crippen molar-refractivity contribution in [3.8, 4) is 28.9 Å². The van der Waals surface area contributed by atoms with Crippen LogP contribution in [0.1, 0.15) is 127 Å². The van der Waals surface area contributed by atoms with Crippen molar-refractivity contribution in [2.75, 3.05) is 28.4 Å². The number of nitriles is 1. The van der Waals surface area contributed by atoms with Crippen molar-refractivity contribution in [1.29, 1.82) is 5.26 Å². The van der Waals surface area contributed by atoms with E-state index in [9.17, 15) is 40.3 Å². The predicted molar refractivity (Wildman–Crippen MR) is 371 cm³/mol. The molecule has 535 valence electrons. The maximum atomic E-state index is 12.4. The van der Waals surface area contributed by atoms with Crippen LogP contribution < -0.4 is 27.0 Å². The molecule has 6 aromatic heterocycles. The molecule has 102 heavy (non-hydrogen) atoms. The van der Waals surface area contributed by atoms with Gasteiger partial charge in [0.05, 0.1) is 66.2 Å². The van der Waals surface area contributed by atoms with Crippen LogP contribution >= 0.6 is 15.9 Å². The molecule has 11 aromatic rings. The molecule has 6 heterocycles. The first-order chi connectivity index (χ1) is 47.7. The fourth-order valence-corrected chi connectivity index (χ4v) is 7.89. The van der Waals surface area contributed by atoms with Crippen LogP contribution in [0.5, 0.6) is 0 Å². The normalized spacial score (nSPS) is 11.4. The van der Waals surface area contributed by atoms with E-state index in [0.717, 1.165) is 15.6 Å². The van der Waals surface area contributed by atoms with Gasteiger partial charge in [0.15, 0.2) is 5.82 Å². The number of carbonyl (C=O) groups is 2. The van der Waals surface area contributed by atoms with E-state index < -0.39 is 44.3 Å². The predicted octanol–water partition coefficient (Wildman–Crippen LogP) is 16.2. The number of halogens is 8. The van der Waals surface area contributed by atoms with Crippen molar-refractivity contribution < 1.29 is 105 Å². The number of nitrogens with zero attached hydrogens (tertiary/aromatic N) is 13. The quantitative estimate of drug-likeness (QED) is 0.0264. The molecule has 0 aliphatic rings. The molecular formula is C69H75BrF7N19O4WY. The Kier molecular flexibility index (Phi) is 43.1. The Bertz CT molecular complexity index is 4050. The van der Waals surface area contributed by atoms with Crippen LogP contribution in [0.2, 0.25) is 0 Å². The van der Waals surface area contributed by atoms with E-state index in [4.69, 9.17) is 16.8 Å². The third kappa shape index (κ3) is 32.7. The van der Waals surface area contributed by atoms with Crippen molar-refractivity contribution in [1.82, 2.24) is 65.3 Å². The zero-order valence-corrected chi connectivity index (χ0v) is 61.3. The molecule has 5 atom stereocenters. The van der Waals surface area contributed by atoms with Gasteiger partial charge in [0.25, 0.3) is 11.8 Å². The Morgan fingerprint density at radius 3 is 1.12 bits per heavy atom. The van der Waals surface area contributed by atoms with Gasteiger partial charge < -0.3 is 36.2 Å². The number of aromatic amines is 1. The molecule has 0 saturated heterocycles. The minimum Gasteiger partial charge on any atom is -0.415 e. The van der Waals surface area contributed by atoms with E-state index >= 15 is 0 Å². The molecular weight excluding hydrogens is 1640 g/mol. The molecule has 33 heteroatoms. The number of benzene rings is 5. The molecule has 0 spiro atoms. The number of anilines is 4. The standard InChI is InChI=1S/C15H13F2N5O.C14H14N6.C13H12N4.C12H12BrN3.C8H11N.C4H2F4O3.CH3F.2CH4.W.Y/c1-9(10-5-3-2-4-6-10)20-15-18-7-11(8-19-15)13-21-22-14(23-13)12(16)17;1-10(11-5-3-2-4-6-11)19-14-15-7-12(8-16-14)13-17-9-18-20-13;1-10(12-5-3-2-4-6-12)17-13-15-8-11(7-14)9-16-13;1-9(10-5-3-2-4-6-10)16-12-14-7-11(13)8-15-12;1-7(9)8-5-3-2-4-6-8;5-1(6)3(9)11-4(10)2(7)8;1-2;;;;/h2-9,12H,1H3,(H,18,19,20);2-10H,1H3,(H,15,16,19)(H,17,18,20);2-6,8-10H,1H3,(H,15,16,17);2-9H,1H3,(H,14,15,16);2-7H,9H2,1H3;1-2H;1H3;2*1H4;;/i;;;;;;1D;;;;. The summed E-state index contributed by atoms with van der Waals surface area (Å²) >= 11 is 3.30. The average molecular weight is 1720 g/mol. The minimum absolute atomic E-state index is 0. The number of esters is 2. The Hall–Kier alpha value is -9.73.